The molecule has 2 aromatic carbocycles. The molecule has 1 aliphatic rings. The molecule has 1 saturated heterocycles. The van der Waals surface area contributed by atoms with Gasteiger partial charge < -0.3 is 15.0 Å². The molecule has 0 unspecified atom stereocenters. The summed E-state index contributed by atoms with van der Waals surface area (Å²) in [6.45, 7) is 3.25. The molecule has 10 heteroatoms. The lowest BCUT2D eigenvalue weighted by molar-refractivity contribution is 0.403. The zero-order valence-electron chi connectivity index (χ0n) is 15.5. The molecule has 0 saturated carbocycles. The Morgan fingerprint density at radius 3 is 2.45 bits per heavy atom. The van der Waals surface area contributed by atoms with Crippen LogP contribution in [0, 0.1) is 0 Å². The summed E-state index contributed by atoms with van der Waals surface area (Å²) < 4.78 is 33.4. The summed E-state index contributed by atoms with van der Waals surface area (Å²) in [7, 11) is -2.66. The highest BCUT2D eigenvalue weighted by Gasteiger charge is 2.27. The number of hydrogen-bond acceptors (Lipinski definition) is 5. The van der Waals surface area contributed by atoms with E-state index < -0.39 is 10.0 Å². The van der Waals surface area contributed by atoms with E-state index in [1.807, 2.05) is 0 Å². The lowest BCUT2D eigenvalue weighted by atomic mass is 10.2. The zero-order valence-corrected chi connectivity index (χ0v) is 18.5. The number of ether oxygens (including phenoxy) is 1. The molecular formula is C19H18Cl3N3O3S. The molecule has 1 N–H and O–H groups in total. The molecule has 0 bridgehead atoms. The molecule has 6 nitrogen and oxygen atoms in total. The van der Waals surface area contributed by atoms with Crippen molar-refractivity contribution in [2.45, 2.75) is 4.90 Å². The summed E-state index contributed by atoms with van der Waals surface area (Å²) in [6.07, 6.45) is 1.51. The van der Waals surface area contributed by atoms with Crippen molar-refractivity contribution in [1.29, 1.82) is 0 Å². The van der Waals surface area contributed by atoms with Crippen molar-refractivity contribution in [3.8, 4) is 5.75 Å². The van der Waals surface area contributed by atoms with Crippen LogP contribution in [0.2, 0.25) is 15.1 Å². The fourth-order valence-electron chi connectivity index (χ4n) is 3.60. The van der Waals surface area contributed by atoms with Crippen LogP contribution >= 0.6 is 34.8 Å². The fourth-order valence-corrected chi connectivity index (χ4v) is 6.13. The summed E-state index contributed by atoms with van der Waals surface area (Å²) in [6, 6.07) is 7.95. The van der Waals surface area contributed by atoms with Gasteiger partial charge in [-0.15, -0.1) is 0 Å². The molecule has 0 spiro atoms. The van der Waals surface area contributed by atoms with E-state index in [0.29, 0.717) is 10.5 Å². The number of benzene rings is 2. The summed E-state index contributed by atoms with van der Waals surface area (Å²) in [5.41, 5.74) is 1.34. The van der Waals surface area contributed by atoms with E-state index in [4.69, 9.17) is 39.5 Å². The second kappa shape index (κ2) is 7.89. The third-order valence-corrected chi connectivity index (χ3v) is 7.41. The Bertz CT molecular complexity index is 1190. The molecule has 2 heterocycles. The van der Waals surface area contributed by atoms with E-state index in [0.717, 1.165) is 37.3 Å². The first-order chi connectivity index (χ1) is 13.8. The minimum atomic E-state index is -4.02. The maximum atomic E-state index is 13.5. The number of rotatable bonds is 4. The Kier molecular flexibility index (Phi) is 5.61. The second-order valence-electron chi connectivity index (χ2n) is 6.60. The second-order valence-corrected chi connectivity index (χ2v) is 9.64. The summed E-state index contributed by atoms with van der Waals surface area (Å²) in [4.78, 5) is 2.06. The van der Waals surface area contributed by atoms with Gasteiger partial charge in [-0.2, -0.15) is 0 Å². The number of halogens is 3. The van der Waals surface area contributed by atoms with E-state index in [2.05, 4.69) is 10.2 Å². The van der Waals surface area contributed by atoms with E-state index in [-0.39, 0.29) is 20.7 Å². The molecule has 0 aliphatic carbocycles. The van der Waals surface area contributed by atoms with E-state index in [1.165, 1.54) is 29.4 Å². The van der Waals surface area contributed by atoms with Crippen LogP contribution in [0.25, 0.3) is 10.9 Å². The van der Waals surface area contributed by atoms with E-state index >= 15 is 0 Å². The minimum absolute atomic E-state index is 0.0502. The molecule has 3 aromatic rings. The van der Waals surface area contributed by atoms with Crippen molar-refractivity contribution >= 4 is 61.4 Å². The minimum Gasteiger partial charge on any atom is -0.494 e. The number of anilines is 1. The van der Waals surface area contributed by atoms with E-state index in [1.54, 1.807) is 18.2 Å². The smallest absolute Gasteiger partial charge is 0.271 e. The number of methoxy groups -OCH3 is 1. The molecule has 1 fully saturated rings. The molecule has 29 heavy (non-hydrogen) atoms. The fraction of sp³-hybridized carbons (Fsp3) is 0.263. The largest absolute Gasteiger partial charge is 0.494 e. The van der Waals surface area contributed by atoms with Gasteiger partial charge in [0.25, 0.3) is 10.0 Å². The van der Waals surface area contributed by atoms with Crippen molar-refractivity contribution in [2.24, 2.45) is 0 Å². The van der Waals surface area contributed by atoms with Crippen molar-refractivity contribution in [2.75, 3.05) is 38.2 Å². The van der Waals surface area contributed by atoms with Gasteiger partial charge in [0.05, 0.1) is 28.4 Å². The van der Waals surface area contributed by atoms with Crippen LogP contribution in [-0.4, -0.2) is 45.7 Å². The van der Waals surface area contributed by atoms with E-state index in [9.17, 15) is 8.42 Å². The summed E-state index contributed by atoms with van der Waals surface area (Å²) in [5.74, 6) is 0.0502. The third-order valence-electron chi connectivity index (χ3n) is 4.91. The Morgan fingerprint density at radius 2 is 1.76 bits per heavy atom. The summed E-state index contributed by atoms with van der Waals surface area (Å²) >= 11 is 18.7. The lowest BCUT2D eigenvalue weighted by Crippen LogP contribution is -2.43. The van der Waals surface area contributed by atoms with Crippen molar-refractivity contribution in [3.05, 3.63) is 51.6 Å². The lowest BCUT2D eigenvalue weighted by Gasteiger charge is -2.30. The van der Waals surface area contributed by atoms with Gasteiger partial charge in [0.2, 0.25) is 0 Å². The van der Waals surface area contributed by atoms with Crippen LogP contribution in [0.3, 0.4) is 0 Å². The predicted octanol–water partition coefficient (Wildman–Crippen LogP) is 4.26. The Balaban J connectivity index is 1.92. The molecule has 1 aliphatic heterocycles. The number of nitrogens with zero attached hydrogens (tertiary/aromatic N) is 2. The average Bonchev–Trinajstić information content (AvgIpc) is 3.13. The van der Waals surface area contributed by atoms with Crippen LogP contribution < -0.4 is 15.0 Å². The standard InChI is InChI=1S/C19H18Cl3N3O3S/c1-28-19-15(22)10-12(20)11-17(19)29(26,27)25-7-4-13-16(25)3-2-14(21)18(13)24-8-5-23-6-9-24/h2-4,7,10-11,23H,5-6,8-9H2,1H3. The summed E-state index contributed by atoms with van der Waals surface area (Å²) in [5, 5.41) is 4.97. The van der Waals surface area contributed by atoms with Crippen molar-refractivity contribution in [1.82, 2.24) is 9.29 Å². The highest BCUT2D eigenvalue weighted by Crippen LogP contribution is 2.39. The van der Waals surface area contributed by atoms with Gasteiger partial charge in [-0.05, 0) is 30.3 Å². The first-order valence-corrected chi connectivity index (χ1v) is 11.5. The monoisotopic (exact) mass is 473 g/mol. The normalized spacial score (nSPS) is 15.1. The van der Waals surface area contributed by atoms with Gasteiger partial charge in [-0.3, -0.25) is 0 Å². The van der Waals surface area contributed by atoms with Crippen LogP contribution in [0.4, 0.5) is 5.69 Å². The Morgan fingerprint density at radius 1 is 1.03 bits per heavy atom. The molecule has 154 valence electrons. The van der Waals surface area contributed by atoms with Gasteiger partial charge >= 0.3 is 0 Å². The Labute approximate surface area is 184 Å². The van der Waals surface area contributed by atoms with Gasteiger partial charge in [-0.1, -0.05) is 34.8 Å². The first-order valence-electron chi connectivity index (χ1n) is 8.88. The van der Waals surface area contributed by atoms with Gasteiger partial charge in [0, 0.05) is 42.8 Å². The van der Waals surface area contributed by atoms with Crippen molar-refractivity contribution in [3.63, 3.8) is 0 Å². The van der Waals surface area contributed by atoms with Gasteiger partial charge in [0.1, 0.15) is 4.90 Å². The maximum Gasteiger partial charge on any atom is 0.271 e. The highest BCUT2D eigenvalue weighted by molar-refractivity contribution is 7.90. The average molecular weight is 475 g/mol. The molecular weight excluding hydrogens is 457 g/mol. The molecule has 0 radical (unpaired) electrons. The third kappa shape index (κ3) is 3.55. The molecule has 0 atom stereocenters. The van der Waals surface area contributed by atoms with Crippen molar-refractivity contribution < 1.29 is 13.2 Å². The maximum absolute atomic E-state index is 13.5. The zero-order chi connectivity index (χ0) is 20.8. The van der Waals surface area contributed by atoms with Crippen LogP contribution in [0.5, 0.6) is 5.75 Å². The number of hydrogen-bond donors (Lipinski definition) is 1. The number of fused-ring (bicyclic) bond motifs is 1. The van der Waals surface area contributed by atoms with Gasteiger partial charge in [0.15, 0.2) is 5.75 Å². The quantitative estimate of drug-likeness (QED) is 0.612. The molecule has 1 aromatic heterocycles. The van der Waals surface area contributed by atoms with Crippen LogP contribution in [0.1, 0.15) is 0 Å². The number of piperazine rings is 1. The topological polar surface area (TPSA) is 63.6 Å². The molecule has 0 amide bonds. The van der Waals surface area contributed by atoms with Gasteiger partial charge in [-0.25, -0.2) is 12.4 Å². The SMILES string of the molecule is COc1c(Cl)cc(Cl)cc1S(=O)(=O)n1ccc2c(N3CCNCC3)c(Cl)ccc21. The predicted molar refractivity (Wildman–Crippen MR) is 118 cm³/mol. The highest BCUT2D eigenvalue weighted by atomic mass is 35.5. The Hall–Kier alpha value is -1.64. The molecule has 4 rings (SSSR count). The number of aromatic nitrogens is 1. The van der Waals surface area contributed by atoms with Crippen LogP contribution in [0.15, 0.2) is 41.4 Å². The number of nitrogens with one attached hydrogen (secondary N) is 1. The first kappa shape index (κ1) is 20.6. The van der Waals surface area contributed by atoms with Crippen LogP contribution in [-0.2, 0) is 10.0 Å².